The summed E-state index contributed by atoms with van der Waals surface area (Å²) in [5, 5.41) is 0. The number of rotatable bonds is 2. The summed E-state index contributed by atoms with van der Waals surface area (Å²) in [5.74, 6) is 1.29. The van der Waals surface area contributed by atoms with Crippen molar-refractivity contribution in [2.45, 2.75) is 13.3 Å². The molecule has 76 valence electrons. The molecule has 2 N–H and O–H groups in total. The van der Waals surface area contributed by atoms with Gasteiger partial charge in [-0.1, -0.05) is 29.8 Å². The molecule has 0 fully saturated rings. The number of nitrogen functional groups attached to an aromatic ring is 1. The topological polar surface area (TPSA) is 51.8 Å². The van der Waals surface area contributed by atoms with Crippen molar-refractivity contribution in [3.8, 4) is 0 Å². The zero-order valence-electron chi connectivity index (χ0n) is 8.64. The lowest BCUT2D eigenvalue weighted by molar-refractivity contribution is 0.973. The highest BCUT2D eigenvalue weighted by molar-refractivity contribution is 5.28. The molecule has 15 heavy (non-hydrogen) atoms. The van der Waals surface area contributed by atoms with Crippen LogP contribution in [0.1, 0.15) is 17.0 Å². The summed E-state index contributed by atoms with van der Waals surface area (Å²) >= 11 is 0. The van der Waals surface area contributed by atoms with Gasteiger partial charge in [0.05, 0.1) is 0 Å². The van der Waals surface area contributed by atoms with Gasteiger partial charge in [-0.05, 0) is 18.6 Å². The molecule has 0 atom stereocenters. The van der Waals surface area contributed by atoms with Gasteiger partial charge in [0.2, 0.25) is 0 Å². The highest BCUT2D eigenvalue weighted by Gasteiger charge is 1.99. The number of benzene rings is 1. The summed E-state index contributed by atoms with van der Waals surface area (Å²) in [6.45, 7) is 2.07. The number of aryl methyl sites for hydroxylation is 1. The minimum Gasteiger partial charge on any atom is -0.384 e. The molecular formula is C12H13N3. The van der Waals surface area contributed by atoms with E-state index in [0.717, 1.165) is 12.2 Å². The number of nitrogens with two attached hydrogens (primary N) is 1. The van der Waals surface area contributed by atoms with Crippen molar-refractivity contribution >= 4 is 5.82 Å². The maximum Gasteiger partial charge on any atom is 0.135 e. The van der Waals surface area contributed by atoms with Gasteiger partial charge < -0.3 is 5.73 Å². The van der Waals surface area contributed by atoms with Crippen molar-refractivity contribution in [2.24, 2.45) is 0 Å². The van der Waals surface area contributed by atoms with Crippen LogP contribution in [0.15, 0.2) is 36.5 Å². The van der Waals surface area contributed by atoms with E-state index in [9.17, 15) is 0 Å². The Bertz CT molecular complexity index is 422. The standard InChI is InChI=1S/C12H13N3/c1-9-3-2-4-10(7-9)8-12-14-6-5-11(13)15-12/h2-7H,8H2,1H3,(H2,13,14,15). The Morgan fingerprint density at radius 2 is 2.13 bits per heavy atom. The van der Waals surface area contributed by atoms with Crippen LogP contribution in [-0.4, -0.2) is 9.97 Å². The van der Waals surface area contributed by atoms with Crippen LogP contribution in [-0.2, 0) is 6.42 Å². The summed E-state index contributed by atoms with van der Waals surface area (Å²) in [6, 6.07) is 10.0. The maximum atomic E-state index is 5.59. The van der Waals surface area contributed by atoms with Crippen LogP contribution in [0.3, 0.4) is 0 Å². The first-order valence-electron chi connectivity index (χ1n) is 4.87. The second kappa shape index (κ2) is 4.09. The van der Waals surface area contributed by atoms with Gasteiger partial charge in [0.25, 0.3) is 0 Å². The molecular weight excluding hydrogens is 186 g/mol. The lowest BCUT2D eigenvalue weighted by atomic mass is 10.1. The van der Waals surface area contributed by atoms with Crippen LogP contribution in [0.4, 0.5) is 5.82 Å². The van der Waals surface area contributed by atoms with E-state index in [0.29, 0.717) is 5.82 Å². The van der Waals surface area contributed by atoms with E-state index in [1.807, 2.05) is 6.07 Å². The van der Waals surface area contributed by atoms with Crippen LogP contribution in [0.2, 0.25) is 0 Å². The first kappa shape index (κ1) is 9.65. The van der Waals surface area contributed by atoms with Crippen molar-refractivity contribution < 1.29 is 0 Å². The van der Waals surface area contributed by atoms with E-state index in [4.69, 9.17) is 5.73 Å². The lowest BCUT2D eigenvalue weighted by Gasteiger charge is -2.02. The highest BCUT2D eigenvalue weighted by atomic mass is 14.9. The van der Waals surface area contributed by atoms with E-state index < -0.39 is 0 Å². The quantitative estimate of drug-likeness (QED) is 0.804. The third-order valence-electron chi connectivity index (χ3n) is 2.17. The number of hydrogen-bond donors (Lipinski definition) is 1. The summed E-state index contributed by atoms with van der Waals surface area (Å²) in [6.07, 6.45) is 2.42. The fourth-order valence-electron chi connectivity index (χ4n) is 1.50. The molecule has 0 bridgehead atoms. The second-order valence-corrected chi connectivity index (χ2v) is 3.56. The lowest BCUT2D eigenvalue weighted by Crippen LogP contribution is -1.99. The molecule has 3 heteroatoms. The van der Waals surface area contributed by atoms with E-state index in [1.165, 1.54) is 11.1 Å². The molecule has 2 rings (SSSR count). The molecule has 0 amide bonds. The summed E-state index contributed by atoms with van der Waals surface area (Å²) in [4.78, 5) is 8.34. The van der Waals surface area contributed by atoms with Gasteiger partial charge in [0, 0.05) is 12.6 Å². The fraction of sp³-hybridized carbons (Fsp3) is 0.167. The van der Waals surface area contributed by atoms with Crippen molar-refractivity contribution in [1.29, 1.82) is 0 Å². The van der Waals surface area contributed by atoms with Crippen LogP contribution < -0.4 is 5.73 Å². The van der Waals surface area contributed by atoms with Gasteiger partial charge in [-0.25, -0.2) is 9.97 Å². The SMILES string of the molecule is Cc1cccc(Cc2nccc(N)n2)c1. The number of nitrogens with zero attached hydrogens (tertiary/aromatic N) is 2. The van der Waals surface area contributed by atoms with Gasteiger partial charge in [-0.3, -0.25) is 0 Å². The normalized spacial score (nSPS) is 10.2. The maximum absolute atomic E-state index is 5.59. The van der Waals surface area contributed by atoms with Crippen LogP contribution >= 0.6 is 0 Å². The summed E-state index contributed by atoms with van der Waals surface area (Å²) in [5.41, 5.74) is 8.05. The average molecular weight is 199 g/mol. The smallest absolute Gasteiger partial charge is 0.135 e. The van der Waals surface area contributed by atoms with E-state index in [2.05, 4.69) is 35.1 Å². The third kappa shape index (κ3) is 2.53. The first-order chi connectivity index (χ1) is 7.24. The van der Waals surface area contributed by atoms with Crippen LogP contribution in [0.5, 0.6) is 0 Å². The minimum atomic E-state index is 0.521. The largest absolute Gasteiger partial charge is 0.384 e. The monoisotopic (exact) mass is 199 g/mol. The first-order valence-corrected chi connectivity index (χ1v) is 4.87. The molecule has 0 aliphatic rings. The Balaban J connectivity index is 2.22. The van der Waals surface area contributed by atoms with Gasteiger partial charge in [-0.2, -0.15) is 0 Å². The van der Waals surface area contributed by atoms with Gasteiger partial charge in [0.1, 0.15) is 11.6 Å². The fourth-order valence-corrected chi connectivity index (χ4v) is 1.50. The van der Waals surface area contributed by atoms with E-state index in [-0.39, 0.29) is 0 Å². The highest BCUT2D eigenvalue weighted by Crippen LogP contribution is 2.08. The van der Waals surface area contributed by atoms with Gasteiger partial charge >= 0.3 is 0 Å². The molecule has 0 saturated heterocycles. The molecule has 2 aromatic rings. The number of anilines is 1. The number of hydrogen-bond acceptors (Lipinski definition) is 3. The van der Waals surface area contributed by atoms with Crippen molar-refractivity contribution in [2.75, 3.05) is 5.73 Å². The molecule has 1 aromatic carbocycles. The molecule has 0 spiro atoms. The molecule has 0 aliphatic carbocycles. The molecule has 0 unspecified atom stereocenters. The van der Waals surface area contributed by atoms with Gasteiger partial charge in [-0.15, -0.1) is 0 Å². The predicted molar refractivity (Wildman–Crippen MR) is 60.4 cm³/mol. The Morgan fingerprint density at radius 3 is 2.87 bits per heavy atom. The molecule has 1 heterocycles. The molecule has 0 saturated carbocycles. The van der Waals surface area contributed by atoms with E-state index >= 15 is 0 Å². The molecule has 3 nitrogen and oxygen atoms in total. The average Bonchev–Trinajstić information content (AvgIpc) is 2.17. The van der Waals surface area contributed by atoms with Crippen molar-refractivity contribution in [3.05, 3.63) is 53.5 Å². The second-order valence-electron chi connectivity index (χ2n) is 3.56. The number of aromatic nitrogens is 2. The molecule has 1 aromatic heterocycles. The van der Waals surface area contributed by atoms with Crippen LogP contribution in [0, 0.1) is 6.92 Å². The Hall–Kier alpha value is -1.90. The zero-order valence-corrected chi connectivity index (χ0v) is 8.64. The zero-order chi connectivity index (χ0) is 10.7. The summed E-state index contributed by atoms with van der Waals surface area (Å²) in [7, 11) is 0. The summed E-state index contributed by atoms with van der Waals surface area (Å²) < 4.78 is 0. The minimum absolute atomic E-state index is 0.521. The predicted octanol–water partition coefficient (Wildman–Crippen LogP) is 1.96. The van der Waals surface area contributed by atoms with E-state index in [1.54, 1.807) is 12.3 Å². The molecule has 0 aliphatic heterocycles. The van der Waals surface area contributed by atoms with Crippen molar-refractivity contribution in [3.63, 3.8) is 0 Å². The molecule has 0 radical (unpaired) electrons. The van der Waals surface area contributed by atoms with Crippen molar-refractivity contribution in [1.82, 2.24) is 9.97 Å². The third-order valence-corrected chi connectivity index (χ3v) is 2.17. The Labute approximate surface area is 89.0 Å². The Morgan fingerprint density at radius 1 is 1.27 bits per heavy atom. The van der Waals surface area contributed by atoms with Gasteiger partial charge in [0.15, 0.2) is 0 Å². The Kier molecular flexibility index (Phi) is 2.63. The van der Waals surface area contributed by atoms with Crippen LogP contribution in [0.25, 0.3) is 0 Å².